The van der Waals surface area contributed by atoms with E-state index in [1.807, 2.05) is 25.8 Å². The Hall–Kier alpha value is -1.07. The average molecular weight is 274 g/mol. The molecule has 0 fully saturated rings. The summed E-state index contributed by atoms with van der Waals surface area (Å²) < 4.78 is 39.6. The van der Waals surface area contributed by atoms with Gasteiger partial charge in [-0.3, -0.25) is 4.90 Å². The van der Waals surface area contributed by atoms with Crippen molar-refractivity contribution in [1.82, 2.24) is 4.90 Å². The Kier molecular flexibility index (Phi) is 5.82. The fraction of sp³-hybridized carbons (Fsp3) is 0.571. The van der Waals surface area contributed by atoms with Gasteiger partial charge in [0.1, 0.15) is 0 Å². The van der Waals surface area contributed by atoms with Crippen LogP contribution in [0.5, 0.6) is 0 Å². The van der Waals surface area contributed by atoms with Gasteiger partial charge in [-0.15, -0.1) is 0 Å². The van der Waals surface area contributed by atoms with Crippen molar-refractivity contribution < 1.29 is 13.2 Å². The van der Waals surface area contributed by atoms with Gasteiger partial charge < -0.3 is 5.73 Å². The molecule has 0 bridgehead atoms. The number of nitrogens with two attached hydrogens (primary N) is 1. The lowest BCUT2D eigenvalue weighted by Crippen LogP contribution is -2.38. The zero-order valence-corrected chi connectivity index (χ0v) is 11.6. The van der Waals surface area contributed by atoms with Gasteiger partial charge in [-0.25, -0.2) is 13.2 Å². The van der Waals surface area contributed by atoms with E-state index in [1.54, 1.807) is 0 Å². The highest BCUT2D eigenvalue weighted by molar-refractivity contribution is 5.23. The van der Waals surface area contributed by atoms with E-state index in [2.05, 4.69) is 0 Å². The maximum Gasteiger partial charge on any atom is 0.194 e. The third-order valence-corrected chi connectivity index (χ3v) is 3.62. The molecule has 1 aromatic rings. The average Bonchev–Trinajstić information content (AvgIpc) is 2.38. The zero-order valence-electron chi connectivity index (χ0n) is 11.6. The molecule has 1 atom stereocenters. The molecule has 1 unspecified atom stereocenters. The minimum Gasteiger partial charge on any atom is -0.329 e. The molecule has 0 spiro atoms. The van der Waals surface area contributed by atoms with E-state index in [4.69, 9.17) is 5.73 Å². The number of benzene rings is 1. The Bertz CT molecular complexity index is 396. The summed E-state index contributed by atoms with van der Waals surface area (Å²) in [7, 11) is 1.87. The van der Waals surface area contributed by atoms with Crippen molar-refractivity contribution in [2.75, 3.05) is 13.6 Å². The smallest absolute Gasteiger partial charge is 0.194 e. The highest BCUT2D eigenvalue weighted by Gasteiger charge is 2.23. The lowest BCUT2D eigenvalue weighted by atomic mass is 10.0. The molecule has 0 saturated heterocycles. The SMILES string of the molecule is CCC(CC)N(C)C(CN)c1cc(F)c(F)c(F)c1. The van der Waals surface area contributed by atoms with Crippen molar-refractivity contribution in [3.05, 3.63) is 35.1 Å². The second-order valence-corrected chi connectivity index (χ2v) is 4.69. The first-order valence-corrected chi connectivity index (χ1v) is 6.52. The normalized spacial score (nSPS) is 13.3. The lowest BCUT2D eigenvalue weighted by Gasteiger charge is -2.34. The van der Waals surface area contributed by atoms with Crippen molar-refractivity contribution >= 4 is 0 Å². The van der Waals surface area contributed by atoms with Crippen molar-refractivity contribution in [2.45, 2.75) is 38.8 Å². The molecule has 0 aliphatic rings. The van der Waals surface area contributed by atoms with Gasteiger partial charge in [-0.1, -0.05) is 13.8 Å². The van der Waals surface area contributed by atoms with Crippen molar-refractivity contribution in [3.8, 4) is 0 Å². The third kappa shape index (κ3) is 3.48. The van der Waals surface area contributed by atoms with Crippen LogP contribution in [0.2, 0.25) is 0 Å². The molecule has 0 saturated carbocycles. The molecule has 0 heterocycles. The van der Waals surface area contributed by atoms with Crippen molar-refractivity contribution in [3.63, 3.8) is 0 Å². The van der Waals surface area contributed by atoms with E-state index < -0.39 is 17.5 Å². The van der Waals surface area contributed by atoms with Crippen LogP contribution in [-0.2, 0) is 0 Å². The van der Waals surface area contributed by atoms with E-state index in [-0.39, 0.29) is 18.6 Å². The van der Waals surface area contributed by atoms with Gasteiger partial charge in [-0.2, -0.15) is 0 Å². The molecule has 0 aromatic heterocycles. The summed E-state index contributed by atoms with van der Waals surface area (Å²) in [4.78, 5) is 1.99. The topological polar surface area (TPSA) is 29.3 Å². The van der Waals surface area contributed by atoms with E-state index >= 15 is 0 Å². The van der Waals surface area contributed by atoms with Crippen LogP contribution < -0.4 is 5.73 Å². The van der Waals surface area contributed by atoms with Crippen LogP contribution in [0.3, 0.4) is 0 Å². The summed E-state index contributed by atoms with van der Waals surface area (Å²) in [5, 5.41) is 0. The highest BCUT2D eigenvalue weighted by Crippen LogP contribution is 2.25. The molecular weight excluding hydrogens is 253 g/mol. The molecule has 0 aliphatic heterocycles. The van der Waals surface area contributed by atoms with Gasteiger partial charge in [0.2, 0.25) is 0 Å². The van der Waals surface area contributed by atoms with Crippen LogP contribution in [0.1, 0.15) is 38.3 Å². The standard InChI is InChI=1S/C14H21F3N2/c1-4-10(5-2)19(3)13(8-18)9-6-11(15)14(17)12(16)7-9/h6-7,10,13H,4-5,8,18H2,1-3H3. The van der Waals surface area contributed by atoms with Crippen LogP contribution >= 0.6 is 0 Å². The number of hydrogen-bond acceptors (Lipinski definition) is 2. The molecule has 0 amide bonds. The number of likely N-dealkylation sites (N-methyl/N-ethyl adjacent to an activating group) is 1. The van der Waals surface area contributed by atoms with Crippen LogP contribution in [0.4, 0.5) is 13.2 Å². The molecule has 5 heteroatoms. The summed E-state index contributed by atoms with van der Waals surface area (Å²) in [5.74, 6) is -3.79. The fourth-order valence-electron chi connectivity index (χ4n) is 2.42. The van der Waals surface area contributed by atoms with Crippen LogP contribution in [0.25, 0.3) is 0 Å². The van der Waals surface area contributed by atoms with Crippen LogP contribution in [0.15, 0.2) is 12.1 Å². The molecule has 0 radical (unpaired) electrons. The Labute approximate surface area is 112 Å². The molecule has 1 aromatic carbocycles. The maximum absolute atomic E-state index is 13.3. The number of rotatable bonds is 6. The molecule has 108 valence electrons. The highest BCUT2D eigenvalue weighted by atomic mass is 19.2. The van der Waals surface area contributed by atoms with Gasteiger partial charge >= 0.3 is 0 Å². The van der Waals surface area contributed by atoms with E-state index in [9.17, 15) is 13.2 Å². The molecular formula is C14H21F3N2. The van der Waals surface area contributed by atoms with E-state index in [0.29, 0.717) is 5.56 Å². The number of hydrogen-bond donors (Lipinski definition) is 1. The lowest BCUT2D eigenvalue weighted by molar-refractivity contribution is 0.167. The summed E-state index contributed by atoms with van der Waals surface area (Å²) in [6.07, 6.45) is 1.82. The van der Waals surface area contributed by atoms with Crippen LogP contribution in [-0.4, -0.2) is 24.5 Å². The monoisotopic (exact) mass is 274 g/mol. The molecule has 1 rings (SSSR count). The van der Waals surface area contributed by atoms with Gasteiger partial charge in [0, 0.05) is 18.6 Å². The predicted octanol–water partition coefficient (Wildman–Crippen LogP) is 3.22. The Morgan fingerprint density at radius 1 is 1.11 bits per heavy atom. The summed E-state index contributed by atoms with van der Waals surface area (Å²) >= 11 is 0. The third-order valence-electron chi connectivity index (χ3n) is 3.62. The van der Waals surface area contributed by atoms with Gasteiger partial charge in [0.25, 0.3) is 0 Å². The Morgan fingerprint density at radius 3 is 1.95 bits per heavy atom. The van der Waals surface area contributed by atoms with Crippen molar-refractivity contribution in [1.29, 1.82) is 0 Å². The molecule has 2 nitrogen and oxygen atoms in total. The second-order valence-electron chi connectivity index (χ2n) is 4.69. The minimum atomic E-state index is -1.44. The summed E-state index contributed by atoms with van der Waals surface area (Å²) in [6, 6.07) is 1.99. The Balaban J connectivity index is 3.09. The fourth-order valence-corrected chi connectivity index (χ4v) is 2.42. The van der Waals surface area contributed by atoms with Gasteiger partial charge in [-0.05, 0) is 37.6 Å². The van der Waals surface area contributed by atoms with Gasteiger partial charge in [0.15, 0.2) is 17.5 Å². The van der Waals surface area contributed by atoms with E-state index in [0.717, 1.165) is 25.0 Å². The quantitative estimate of drug-likeness (QED) is 0.807. The number of nitrogens with zero attached hydrogens (tertiary/aromatic N) is 1. The van der Waals surface area contributed by atoms with Crippen LogP contribution in [0, 0.1) is 17.5 Å². The first-order chi connectivity index (χ1) is 8.96. The van der Waals surface area contributed by atoms with Gasteiger partial charge in [0.05, 0.1) is 0 Å². The first-order valence-electron chi connectivity index (χ1n) is 6.52. The molecule has 0 aliphatic carbocycles. The zero-order chi connectivity index (χ0) is 14.6. The minimum absolute atomic E-state index is 0.220. The summed E-state index contributed by atoms with van der Waals surface area (Å²) in [6.45, 7) is 4.31. The predicted molar refractivity (Wildman–Crippen MR) is 70.2 cm³/mol. The first kappa shape index (κ1) is 16.0. The maximum atomic E-state index is 13.3. The molecule has 2 N–H and O–H groups in total. The van der Waals surface area contributed by atoms with Crippen molar-refractivity contribution in [2.24, 2.45) is 5.73 Å². The summed E-state index contributed by atoms with van der Waals surface area (Å²) in [5.41, 5.74) is 6.08. The second kappa shape index (κ2) is 6.91. The Morgan fingerprint density at radius 2 is 1.58 bits per heavy atom. The van der Waals surface area contributed by atoms with E-state index in [1.165, 1.54) is 0 Å². The largest absolute Gasteiger partial charge is 0.329 e. The number of halogens is 3. The molecule has 19 heavy (non-hydrogen) atoms.